The van der Waals surface area contributed by atoms with Gasteiger partial charge in [0.1, 0.15) is 17.2 Å². The predicted octanol–water partition coefficient (Wildman–Crippen LogP) is 5.19. The Kier molecular flexibility index (Phi) is 6.45. The van der Waals surface area contributed by atoms with E-state index in [-0.39, 0.29) is 11.6 Å². The van der Waals surface area contributed by atoms with Crippen LogP contribution in [0.2, 0.25) is 0 Å². The normalized spacial score (nSPS) is 13.5. The number of nitrogens with zero attached hydrogens (tertiary/aromatic N) is 1. The number of carbonyl (C=O) groups excluding carboxylic acids is 2. The van der Waals surface area contributed by atoms with Gasteiger partial charge in [0.2, 0.25) is 0 Å². The number of hydrogen-bond acceptors (Lipinski definition) is 5. The van der Waals surface area contributed by atoms with Crippen LogP contribution in [0.5, 0.6) is 11.5 Å². The van der Waals surface area contributed by atoms with E-state index in [1.165, 1.54) is 4.90 Å². The molecule has 6 nitrogen and oxygen atoms in total. The van der Waals surface area contributed by atoms with E-state index < -0.39 is 5.91 Å². The Morgan fingerprint density at radius 2 is 1.45 bits per heavy atom. The Morgan fingerprint density at radius 1 is 0.788 bits per heavy atom. The van der Waals surface area contributed by atoms with Gasteiger partial charge in [-0.05, 0) is 62.2 Å². The molecule has 0 fully saturated rings. The van der Waals surface area contributed by atoms with Crippen LogP contribution in [0.15, 0.2) is 78.5 Å². The molecule has 168 valence electrons. The molecule has 0 saturated heterocycles. The number of benzene rings is 3. The van der Waals surface area contributed by atoms with E-state index in [2.05, 4.69) is 5.32 Å². The molecule has 0 aliphatic carbocycles. The van der Waals surface area contributed by atoms with E-state index in [0.29, 0.717) is 47.2 Å². The van der Waals surface area contributed by atoms with Crippen LogP contribution < -0.4 is 19.7 Å². The van der Waals surface area contributed by atoms with Crippen LogP contribution in [0.1, 0.15) is 25.0 Å². The van der Waals surface area contributed by atoms with Gasteiger partial charge in [0.05, 0.1) is 30.2 Å². The highest BCUT2D eigenvalue weighted by Gasteiger charge is 2.41. The second-order valence-electron chi connectivity index (χ2n) is 7.49. The van der Waals surface area contributed by atoms with Gasteiger partial charge in [0.25, 0.3) is 11.8 Å². The highest BCUT2D eigenvalue weighted by atomic mass is 16.5. The molecule has 0 radical (unpaired) electrons. The molecule has 0 atom stereocenters. The average Bonchev–Trinajstić information content (AvgIpc) is 3.06. The smallest absolute Gasteiger partial charge is 0.282 e. The molecule has 0 spiro atoms. The zero-order chi connectivity index (χ0) is 23.4. The molecule has 1 N–H and O–H groups in total. The van der Waals surface area contributed by atoms with E-state index in [1.807, 2.05) is 63.2 Å². The minimum Gasteiger partial charge on any atom is -0.494 e. The third kappa shape index (κ3) is 4.32. The molecule has 3 aromatic rings. The van der Waals surface area contributed by atoms with Gasteiger partial charge < -0.3 is 14.8 Å². The average molecular weight is 443 g/mol. The maximum Gasteiger partial charge on any atom is 0.282 e. The molecule has 0 aromatic heterocycles. The van der Waals surface area contributed by atoms with Crippen molar-refractivity contribution in [2.75, 3.05) is 23.4 Å². The highest BCUT2D eigenvalue weighted by Crippen LogP contribution is 2.37. The molecule has 0 unspecified atom stereocenters. The number of nitrogens with one attached hydrogen (secondary N) is 1. The minimum absolute atomic E-state index is 0.208. The van der Waals surface area contributed by atoms with Crippen molar-refractivity contribution in [3.63, 3.8) is 0 Å². The molecule has 33 heavy (non-hydrogen) atoms. The van der Waals surface area contributed by atoms with Crippen LogP contribution in [0.4, 0.5) is 11.4 Å². The number of hydrogen-bond donors (Lipinski definition) is 1. The summed E-state index contributed by atoms with van der Waals surface area (Å²) in [6, 6.07) is 21.9. The number of anilines is 2. The van der Waals surface area contributed by atoms with Crippen LogP contribution in [0, 0.1) is 6.92 Å². The van der Waals surface area contributed by atoms with Crippen molar-refractivity contribution < 1.29 is 19.1 Å². The topological polar surface area (TPSA) is 67.9 Å². The van der Waals surface area contributed by atoms with Crippen LogP contribution in [0.25, 0.3) is 5.57 Å². The first-order chi connectivity index (χ1) is 16.0. The molecular formula is C27H26N2O4. The Bertz CT molecular complexity index is 1210. The number of para-hydroxylation sites is 3. The van der Waals surface area contributed by atoms with Crippen LogP contribution in [-0.2, 0) is 9.59 Å². The number of rotatable bonds is 8. The lowest BCUT2D eigenvalue weighted by Gasteiger charge is -2.18. The molecule has 4 rings (SSSR count). The van der Waals surface area contributed by atoms with Gasteiger partial charge in [0.15, 0.2) is 0 Å². The van der Waals surface area contributed by atoms with Gasteiger partial charge in [-0.2, -0.15) is 0 Å². The molecule has 3 aromatic carbocycles. The summed E-state index contributed by atoms with van der Waals surface area (Å²) < 4.78 is 11.2. The lowest BCUT2D eigenvalue weighted by molar-refractivity contribution is -0.120. The van der Waals surface area contributed by atoms with Crippen molar-refractivity contribution >= 4 is 28.8 Å². The number of carbonyl (C=O) groups is 2. The highest BCUT2D eigenvalue weighted by molar-refractivity contribution is 6.46. The predicted molar refractivity (Wildman–Crippen MR) is 129 cm³/mol. The molecule has 0 bridgehead atoms. The van der Waals surface area contributed by atoms with Crippen molar-refractivity contribution in [2.24, 2.45) is 0 Å². The van der Waals surface area contributed by atoms with E-state index in [4.69, 9.17) is 9.47 Å². The molecule has 1 aliphatic rings. The van der Waals surface area contributed by atoms with Crippen LogP contribution >= 0.6 is 0 Å². The molecular weight excluding hydrogens is 416 g/mol. The van der Waals surface area contributed by atoms with Crippen molar-refractivity contribution in [3.8, 4) is 11.5 Å². The third-order valence-electron chi connectivity index (χ3n) is 5.34. The summed E-state index contributed by atoms with van der Waals surface area (Å²) in [6.07, 6.45) is 0. The third-order valence-corrected chi connectivity index (χ3v) is 5.34. The number of ether oxygens (including phenoxy) is 2. The zero-order valence-electron chi connectivity index (χ0n) is 18.9. The molecule has 6 heteroatoms. The molecule has 0 saturated carbocycles. The number of aryl methyl sites for hydroxylation is 1. The molecule has 1 aliphatic heterocycles. The van der Waals surface area contributed by atoms with E-state index in [1.54, 1.807) is 30.3 Å². The van der Waals surface area contributed by atoms with Gasteiger partial charge in [0, 0.05) is 0 Å². The molecule has 1 heterocycles. The van der Waals surface area contributed by atoms with E-state index >= 15 is 0 Å². The second kappa shape index (κ2) is 9.61. The lowest BCUT2D eigenvalue weighted by Crippen LogP contribution is -2.33. The Labute approximate surface area is 193 Å². The molecule has 2 amide bonds. The summed E-state index contributed by atoms with van der Waals surface area (Å²) in [5, 5.41) is 3.19. The summed E-state index contributed by atoms with van der Waals surface area (Å²) in [7, 11) is 0. The second-order valence-corrected chi connectivity index (χ2v) is 7.49. The first kappa shape index (κ1) is 22.1. The summed E-state index contributed by atoms with van der Waals surface area (Å²) in [5.74, 6) is 0.512. The standard InChI is InChI=1S/C27H26N2O4/c1-4-32-20-16-14-19(15-17-20)24-25(28-21-11-7-9-13-23(21)33-5-2)27(31)29(26(24)30)22-12-8-6-10-18(22)3/h6-17,28H,4-5H2,1-3H3. The summed E-state index contributed by atoms with van der Waals surface area (Å²) >= 11 is 0. The lowest BCUT2D eigenvalue weighted by atomic mass is 10.0. The fraction of sp³-hybridized carbons (Fsp3) is 0.185. The van der Waals surface area contributed by atoms with Crippen molar-refractivity contribution in [3.05, 3.63) is 89.6 Å². The first-order valence-electron chi connectivity index (χ1n) is 11.0. The van der Waals surface area contributed by atoms with Gasteiger partial charge >= 0.3 is 0 Å². The first-order valence-corrected chi connectivity index (χ1v) is 11.0. The van der Waals surface area contributed by atoms with Gasteiger partial charge in [-0.1, -0.05) is 42.5 Å². The van der Waals surface area contributed by atoms with Gasteiger partial charge in [-0.3, -0.25) is 9.59 Å². The minimum atomic E-state index is -0.413. The number of imide groups is 1. The Morgan fingerprint density at radius 3 is 2.15 bits per heavy atom. The zero-order valence-corrected chi connectivity index (χ0v) is 18.9. The SMILES string of the molecule is CCOc1ccc(C2=C(Nc3ccccc3OCC)C(=O)N(c3ccccc3C)C2=O)cc1. The van der Waals surface area contributed by atoms with E-state index in [9.17, 15) is 9.59 Å². The fourth-order valence-electron chi connectivity index (χ4n) is 3.82. The van der Waals surface area contributed by atoms with E-state index in [0.717, 1.165) is 5.56 Å². The van der Waals surface area contributed by atoms with Gasteiger partial charge in [-0.25, -0.2) is 4.90 Å². The Hall–Kier alpha value is -4.06. The van der Waals surface area contributed by atoms with Gasteiger partial charge in [-0.15, -0.1) is 0 Å². The quantitative estimate of drug-likeness (QED) is 0.487. The van der Waals surface area contributed by atoms with Crippen LogP contribution in [0.3, 0.4) is 0 Å². The fourth-order valence-corrected chi connectivity index (χ4v) is 3.82. The van der Waals surface area contributed by atoms with Crippen molar-refractivity contribution in [2.45, 2.75) is 20.8 Å². The van der Waals surface area contributed by atoms with Crippen molar-refractivity contribution in [1.29, 1.82) is 0 Å². The summed E-state index contributed by atoms with van der Waals surface area (Å²) in [5.41, 5.74) is 3.15. The number of amides is 2. The maximum absolute atomic E-state index is 13.6. The summed E-state index contributed by atoms with van der Waals surface area (Å²) in [4.78, 5) is 28.5. The Balaban J connectivity index is 1.82. The monoisotopic (exact) mass is 442 g/mol. The van der Waals surface area contributed by atoms with Crippen LogP contribution in [-0.4, -0.2) is 25.0 Å². The largest absolute Gasteiger partial charge is 0.494 e. The maximum atomic E-state index is 13.6. The van der Waals surface area contributed by atoms with Crippen molar-refractivity contribution in [1.82, 2.24) is 0 Å². The summed E-state index contributed by atoms with van der Waals surface area (Å²) in [6.45, 7) is 6.70.